The topological polar surface area (TPSA) is 186 Å². The molecule has 0 saturated carbocycles. The van der Waals surface area contributed by atoms with E-state index in [2.05, 4.69) is 25.9 Å². The van der Waals surface area contributed by atoms with Crippen molar-refractivity contribution in [3.63, 3.8) is 0 Å². The Bertz CT molecular complexity index is 3280. The second-order valence-corrected chi connectivity index (χ2v) is 17.4. The van der Waals surface area contributed by atoms with Gasteiger partial charge in [0.15, 0.2) is 0 Å². The molecule has 21 heteroatoms. The van der Waals surface area contributed by atoms with E-state index in [1.165, 1.54) is 35.2 Å². The summed E-state index contributed by atoms with van der Waals surface area (Å²) in [6.45, 7) is 1.07. The monoisotopic (exact) mass is 1020 g/mol. The first-order valence-corrected chi connectivity index (χ1v) is 22.7. The van der Waals surface area contributed by atoms with Crippen LogP contribution in [0.5, 0.6) is 0 Å². The fraction of sp³-hybridized carbons (Fsp3) is 0.208. The van der Waals surface area contributed by atoms with Crippen molar-refractivity contribution >= 4 is 69.4 Å². The van der Waals surface area contributed by atoms with Crippen molar-refractivity contribution in [1.82, 2.24) is 30.6 Å². The summed E-state index contributed by atoms with van der Waals surface area (Å²) in [5.74, 6) is -11.3. The van der Waals surface area contributed by atoms with E-state index in [4.69, 9.17) is 10.0 Å². The molecule has 10 rings (SSSR count). The van der Waals surface area contributed by atoms with Crippen molar-refractivity contribution in [3.8, 4) is 5.69 Å². The van der Waals surface area contributed by atoms with Gasteiger partial charge in [0.25, 0.3) is 11.8 Å². The van der Waals surface area contributed by atoms with Gasteiger partial charge in [-0.05, 0) is 83.3 Å². The minimum atomic E-state index is -3.57. The molecule has 4 atom stereocenters. The molecule has 4 amide bonds. The first-order chi connectivity index (χ1) is 34.8. The summed E-state index contributed by atoms with van der Waals surface area (Å²) in [7, 11) is -1.59. The maximum atomic E-state index is 13.7. The van der Waals surface area contributed by atoms with Crippen LogP contribution in [0.3, 0.4) is 0 Å². The number of alkyl halides is 4. The predicted octanol–water partition coefficient (Wildman–Crippen LogP) is 8.11. The molecule has 2 aliphatic heterocycles. The SMILES string of the molecule is C.CC(F)(F)C(=O)N[C@H]1CC(=O)N(c2ccc3[nH]ncc3c2)[C@@H]1c1ccccc1.CC(F)(F)C(=O)N[C@H]1CC(=O)N(c2ccc3c(cnn3-c3cccc(F)c3)c2)[C@@H]1c1ccccc1.OB(O)c1cccc(F)c1. The molecule has 4 heterocycles. The minimum Gasteiger partial charge on any atom is -0.423 e. The zero-order chi connectivity index (χ0) is 52.2. The van der Waals surface area contributed by atoms with E-state index in [1.54, 1.807) is 88.7 Å². The van der Waals surface area contributed by atoms with Gasteiger partial charge in [-0.1, -0.05) is 86.3 Å². The molecule has 0 unspecified atom stereocenters. The molecule has 6 aromatic carbocycles. The average molecular weight is 1020 g/mol. The molecule has 382 valence electrons. The lowest BCUT2D eigenvalue weighted by atomic mass is 9.80. The standard InChI is InChI=1S/C26H21F3N4O2.C20H18F2N4O2.C6H6BFO2.CH4/c1-26(28,29)25(35)31-21-14-23(34)32(24(21)16-6-3-2-4-7-16)19-10-11-22-17(12-19)15-30-33(22)20-9-5-8-18(27)13-20;1-20(21,22)19(28)24-16-10-17(27)26(18(16)12-5-3-2-4-6-12)14-7-8-15-13(9-14)11-23-25-15;8-6-3-1-2-5(4-6)7(9)10;/h2-13,15,21,24H,14H2,1H3,(H,31,35);2-9,11,16,18H,10H2,1H3,(H,23,25)(H,24,28);1-4,9-10H;1H4/t21-,24+;16-,18+;;/m00../s1. The van der Waals surface area contributed by atoms with Gasteiger partial charge in [0.2, 0.25) is 11.8 Å². The van der Waals surface area contributed by atoms with Crippen LogP contribution in [0.1, 0.15) is 57.3 Å². The van der Waals surface area contributed by atoms with Gasteiger partial charge in [0.1, 0.15) is 11.6 Å². The molecule has 2 fully saturated rings. The third-order valence-electron chi connectivity index (χ3n) is 12.1. The number of anilines is 2. The fourth-order valence-electron chi connectivity index (χ4n) is 8.72. The predicted molar refractivity (Wildman–Crippen MR) is 268 cm³/mol. The average Bonchev–Trinajstić information content (AvgIpc) is 4.15. The molecule has 8 aromatic rings. The summed E-state index contributed by atoms with van der Waals surface area (Å²) in [5.41, 5.74) is 4.86. The Morgan fingerprint density at radius 1 is 0.622 bits per heavy atom. The highest BCUT2D eigenvalue weighted by Crippen LogP contribution is 2.40. The van der Waals surface area contributed by atoms with E-state index in [9.17, 15) is 45.5 Å². The Kier molecular flexibility index (Phi) is 16.1. The molecule has 2 aliphatic rings. The summed E-state index contributed by atoms with van der Waals surface area (Å²) in [5, 5.41) is 34.5. The second-order valence-electron chi connectivity index (χ2n) is 17.4. The van der Waals surface area contributed by atoms with Crippen LogP contribution in [0.4, 0.5) is 37.7 Å². The van der Waals surface area contributed by atoms with Gasteiger partial charge in [-0.2, -0.15) is 27.8 Å². The number of nitrogens with one attached hydrogen (secondary N) is 3. The number of benzene rings is 6. The zero-order valence-electron chi connectivity index (χ0n) is 38.8. The number of carbonyl (C=O) groups is 4. The van der Waals surface area contributed by atoms with Crippen LogP contribution in [0.15, 0.2) is 158 Å². The molecule has 0 bridgehead atoms. The minimum absolute atomic E-state index is 0. The Labute approximate surface area is 420 Å². The van der Waals surface area contributed by atoms with E-state index in [0.717, 1.165) is 22.5 Å². The smallest absolute Gasteiger partial charge is 0.423 e. The quantitative estimate of drug-likeness (QED) is 0.0672. The van der Waals surface area contributed by atoms with Gasteiger partial charge in [0.05, 0.1) is 53.3 Å². The van der Waals surface area contributed by atoms with E-state index < -0.39 is 60.8 Å². The van der Waals surface area contributed by atoms with Gasteiger partial charge < -0.3 is 30.5 Å². The number of aromatic amines is 1. The summed E-state index contributed by atoms with van der Waals surface area (Å²) >= 11 is 0. The van der Waals surface area contributed by atoms with Crippen molar-refractivity contribution in [2.24, 2.45) is 0 Å². The lowest BCUT2D eigenvalue weighted by molar-refractivity contribution is -0.144. The highest BCUT2D eigenvalue weighted by atomic mass is 19.3. The first kappa shape index (κ1) is 53.5. The van der Waals surface area contributed by atoms with Crippen LogP contribution in [0.25, 0.3) is 27.5 Å². The first-order valence-electron chi connectivity index (χ1n) is 22.7. The van der Waals surface area contributed by atoms with Crippen molar-refractivity contribution < 1.29 is 55.6 Å². The third kappa shape index (κ3) is 12.0. The normalized spacial score (nSPS) is 17.5. The Morgan fingerprint density at radius 2 is 1.12 bits per heavy atom. The van der Waals surface area contributed by atoms with Crippen LogP contribution in [0, 0.1) is 11.6 Å². The molecular formula is C53H49BF6N8O6. The van der Waals surface area contributed by atoms with Crippen molar-refractivity contribution in [1.29, 1.82) is 0 Å². The van der Waals surface area contributed by atoms with Gasteiger partial charge in [-0.3, -0.25) is 24.3 Å². The number of aromatic nitrogens is 4. The van der Waals surface area contributed by atoms with E-state index in [0.29, 0.717) is 47.4 Å². The Morgan fingerprint density at radius 3 is 1.61 bits per heavy atom. The molecule has 74 heavy (non-hydrogen) atoms. The number of hydrogen-bond donors (Lipinski definition) is 5. The molecule has 0 aliphatic carbocycles. The number of hydrogen-bond acceptors (Lipinski definition) is 8. The third-order valence-corrected chi connectivity index (χ3v) is 12.1. The van der Waals surface area contributed by atoms with Gasteiger partial charge >= 0.3 is 19.0 Å². The molecule has 2 aromatic heterocycles. The zero-order valence-corrected chi connectivity index (χ0v) is 38.8. The highest BCUT2D eigenvalue weighted by Gasteiger charge is 2.46. The van der Waals surface area contributed by atoms with Crippen LogP contribution >= 0.6 is 0 Å². The Hall–Kier alpha value is -8.30. The molecular weight excluding hydrogens is 969 g/mol. The van der Waals surface area contributed by atoms with Crippen LogP contribution in [-0.2, 0) is 19.2 Å². The number of rotatable bonds is 10. The van der Waals surface area contributed by atoms with Gasteiger partial charge in [-0.15, -0.1) is 0 Å². The summed E-state index contributed by atoms with van der Waals surface area (Å²) in [6.07, 6.45) is 3.07. The van der Waals surface area contributed by atoms with Crippen LogP contribution < -0.4 is 25.9 Å². The van der Waals surface area contributed by atoms with Gasteiger partial charge in [-0.25, -0.2) is 13.5 Å². The van der Waals surface area contributed by atoms with E-state index in [-0.39, 0.29) is 43.4 Å². The maximum absolute atomic E-state index is 13.7. The van der Waals surface area contributed by atoms with Crippen LogP contribution in [-0.4, -0.2) is 84.7 Å². The number of H-pyrrole nitrogens is 1. The fourth-order valence-corrected chi connectivity index (χ4v) is 8.72. The molecule has 0 spiro atoms. The van der Waals surface area contributed by atoms with Crippen molar-refractivity contribution in [2.45, 2.75) is 70.1 Å². The van der Waals surface area contributed by atoms with Crippen molar-refractivity contribution in [2.75, 3.05) is 9.80 Å². The van der Waals surface area contributed by atoms with E-state index >= 15 is 0 Å². The molecule has 2 saturated heterocycles. The summed E-state index contributed by atoms with van der Waals surface area (Å²) in [4.78, 5) is 53.0. The number of carbonyl (C=O) groups excluding carboxylic acids is 4. The summed E-state index contributed by atoms with van der Waals surface area (Å²) in [6, 6.07) is 37.0. The van der Waals surface area contributed by atoms with Gasteiger partial charge in [0, 0.05) is 48.8 Å². The van der Waals surface area contributed by atoms with E-state index in [1.807, 2.05) is 42.5 Å². The lowest BCUT2D eigenvalue weighted by Crippen LogP contribution is -2.46. The number of halogens is 6. The molecule has 0 radical (unpaired) electrons. The number of fused-ring (bicyclic) bond motifs is 2. The van der Waals surface area contributed by atoms with Crippen molar-refractivity contribution in [3.05, 3.63) is 181 Å². The largest absolute Gasteiger partial charge is 0.488 e. The molecule has 14 nitrogen and oxygen atoms in total. The molecule has 5 N–H and O–H groups in total. The number of amides is 4. The highest BCUT2D eigenvalue weighted by molar-refractivity contribution is 6.58. The second kappa shape index (κ2) is 22.2. The summed E-state index contributed by atoms with van der Waals surface area (Å²) < 4.78 is 81.7. The number of nitrogens with zero attached hydrogens (tertiary/aromatic N) is 5. The maximum Gasteiger partial charge on any atom is 0.488 e. The van der Waals surface area contributed by atoms with Crippen LogP contribution in [0.2, 0.25) is 0 Å². The lowest BCUT2D eigenvalue weighted by Gasteiger charge is -2.29. The Balaban J connectivity index is 0.000000183.